The van der Waals surface area contributed by atoms with E-state index in [2.05, 4.69) is 10.3 Å². The van der Waals surface area contributed by atoms with Gasteiger partial charge >= 0.3 is 7.12 Å². The molecular weight excluding hydrogens is 369 g/mol. The average Bonchev–Trinajstić information content (AvgIpc) is 2.68. The molecule has 0 bridgehead atoms. The van der Waals surface area contributed by atoms with Crippen LogP contribution in [0, 0.1) is 11.6 Å². The SMILES string of the molecule is O=C(NCc1ccnc(Oc2ccc(F)cc2)c1)c1cc(B(O)O)ccc1F. The highest BCUT2D eigenvalue weighted by molar-refractivity contribution is 6.58. The monoisotopic (exact) mass is 384 g/mol. The molecular formula is C19H15BF2N2O4. The Morgan fingerprint density at radius 2 is 1.82 bits per heavy atom. The number of amides is 1. The minimum absolute atomic E-state index is 0.00504. The van der Waals surface area contributed by atoms with Crippen molar-refractivity contribution in [1.82, 2.24) is 10.3 Å². The predicted molar refractivity (Wildman–Crippen MR) is 98.1 cm³/mol. The molecule has 142 valence electrons. The van der Waals surface area contributed by atoms with Crippen molar-refractivity contribution in [3.05, 3.63) is 83.6 Å². The number of benzene rings is 2. The van der Waals surface area contributed by atoms with Gasteiger partial charge in [0.15, 0.2) is 0 Å². The number of nitrogens with zero attached hydrogens (tertiary/aromatic N) is 1. The summed E-state index contributed by atoms with van der Waals surface area (Å²) < 4.78 is 32.3. The van der Waals surface area contributed by atoms with Crippen molar-refractivity contribution in [1.29, 1.82) is 0 Å². The number of ether oxygens (including phenoxy) is 1. The van der Waals surface area contributed by atoms with Gasteiger partial charge in [-0.05, 0) is 53.5 Å². The van der Waals surface area contributed by atoms with Crippen LogP contribution < -0.4 is 15.5 Å². The predicted octanol–water partition coefficient (Wildman–Crippen LogP) is 1.76. The molecule has 0 aliphatic rings. The Balaban J connectivity index is 1.67. The highest BCUT2D eigenvalue weighted by atomic mass is 19.1. The number of nitrogens with one attached hydrogen (secondary N) is 1. The van der Waals surface area contributed by atoms with E-state index >= 15 is 0 Å². The van der Waals surface area contributed by atoms with Gasteiger partial charge in [0.1, 0.15) is 17.4 Å². The van der Waals surface area contributed by atoms with E-state index in [0.29, 0.717) is 11.3 Å². The van der Waals surface area contributed by atoms with Crippen LogP contribution in [0.4, 0.5) is 8.78 Å². The average molecular weight is 384 g/mol. The summed E-state index contributed by atoms with van der Waals surface area (Å²) in [6.45, 7) is 0.0620. The molecule has 3 rings (SSSR count). The smallest absolute Gasteiger partial charge is 0.439 e. The summed E-state index contributed by atoms with van der Waals surface area (Å²) in [5, 5.41) is 20.9. The normalized spacial score (nSPS) is 10.4. The van der Waals surface area contributed by atoms with Gasteiger partial charge in [0.05, 0.1) is 5.56 Å². The molecule has 1 heterocycles. The van der Waals surface area contributed by atoms with Crippen molar-refractivity contribution in [3.63, 3.8) is 0 Å². The van der Waals surface area contributed by atoms with E-state index in [-0.39, 0.29) is 29.3 Å². The second-order valence-electron chi connectivity index (χ2n) is 5.85. The summed E-state index contributed by atoms with van der Waals surface area (Å²) >= 11 is 0. The quantitative estimate of drug-likeness (QED) is 0.564. The van der Waals surface area contributed by atoms with E-state index in [0.717, 1.165) is 12.1 Å². The third-order valence-electron chi connectivity index (χ3n) is 3.82. The number of aromatic nitrogens is 1. The summed E-state index contributed by atoms with van der Waals surface area (Å²) in [5.41, 5.74) is 0.340. The third kappa shape index (κ3) is 4.90. The molecule has 0 fully saturated rings. The van der Waals surface area contributed by atoms with Gasteiger partial charge in [0.25, 0.3) is 5.91 Å². The van der Waals surface area contributed by atoms with Gasteiger partial charge < -0.3 is 20.1 Å². The maximum atomic E-state index is 13.9. The first kappa shape index (κ1) is 19.5. The fourth-order valence-electron chi connectivity index (χ4n) is 2.39. The first-order valence-corrected chi connectivity index (χ1v) is 8.24. The van der Waals surface area contributed by atoms with Gasteiger partial charge in [-0.2, -0.15) is 0 Å². The first-order chi connectivity index (χ1) is 13.4. The molecule has 3 aromatic rings. The zero-order valence-electron chi connectivity index (χ0n) is 14.5. The van der Waals surface area contributed by atoms with Crippen LogP contribution in [0.15, 0.2) is 60.8 Å². The Bertz CT molecular complexity index is 984. The lowest BCUT2D eigenvalue weighted by molar-refractivity contribution is 0.0947. The van der Waals surface area contributed by atoms with Crippen molar-refractivity contribution in [2.75, 3.05) is 0 Å². The molecule has 9 heteroatoms. The molecule has 0 unspecified atom stereocenters. The zero-order chi connectivity index (χ0) is 20.1. The minimum atomic E-state index is -1.81. The van der Waals surface area contributed by atoms with Crippen LogP contribution in [0.3, 0.4) is 0 Å². The Kier molecular flexibility index (Phi) is 5.98. The van der Waals surface area contributed by atoms with E-state index in [9.17, 15) is 13.6 Å². The number of carbonyl (C=O) groups excluding carboxylic acids is 1. The number of pyridine rings is 1. The zero-order valence-corrected chi connectivity index (χ0v) is 14.5. The van der Waals surface area contributed by atoms with Crippen LogP contribution in [0.25, 0.3) is 0 Å². The van der Waals surface area contributed by atoms with E-state index in [1.807, 2.05) is 0 Å². The maximum absolute atomic E-state index is 13.9. The molecule has 0 saturated heterocycles. The van der Waals surface area contributed by atoms with Crippen LogP contribution in [-0.4, -0.2) is 28.1 Å². The molecule has 1 aromatic heterocycles. The molecule has 0 aliphatic carbocycles. The van der Waals surface area contributed by atoms with E-state index in [1.165, 1.54) is 36.5 Å². The fourth-order valence-corrected chi connectivity index (χ4v) is 2.39. The van der Waals surface area contributed by atoms with E-state index in [4.69, 9.17) is 14.8 Å². The summed E-state index contributed by atoms with van der Waals surface area (Å²) in [7, 11) is -1.81. The highest BCUT2D eigenvalue weighted by Gasteiger charge is 2.17. The van der Waals surface area contributed by atoms with Crippen molar-refractivity contribution >= 4 is 18.5 Å². The lowest BCUT2D eigenvalue weighted by Crippen LogP contribution is -2.32. The summed E-state index contributed by atoms with van der Waals surface area (Å²) in [5.74, 6) is -1.23. The lowest BCUT2D eigenvalue weighted by Gasteiger charge is -2.09. The van der Waals surface area contributed by atoms with Gasteiger partial charge in [-0.3, -0.25) is 4.79 Å². The molecule has 0 radical (unpaired) electrons. The van der Waals surface area contributed by atoms with Crippen LogP contribution in [0.5, 0.6) is 11.6 Å². The minimum Gasteiger partial charge on any atom is -0.439 e. The van der Waals surface area contributed by atoms with Crippen molar-refractivity contribution in [2.45, 2.75) is 6.54 Å². The molecule has 0 saturated carbocycles. The van der Waals surface area contributed by atoms with Gasteiger partial charge in [0, 0.05) is 18.8 Å². The maximum Gasteiger partial charge on any atom is 0.488 e. The third-order valence-corrected chi connectivity index (χ3v) is 3.82. The first-order valence-electron chi connectivity index (χ1n) is 8.24. The Hall–Kier alpha value is -3.30. The Morgan fingerprint density at radius 3 is 2.54 bits per heavy atom. The molecule has 6 nitrogen and oxygen atoms in total. The van der Waals surface area contributed by atoms with Gasteiger partial charge in [0.2, 0.25) is 5.88 Å². The second kappa shape index (κ2) is 8.60. The molecule has 1 amide bonds. The lowest BCUT2D eigenvalue weighted by atomic mass is 9.79. The van der Waals surface area contributed by atoms with Gasteiger partial charge in [-0.1, -0.05) is 6.07 Å². The van der Waals surface area contributed by atoms with Crippen LogP contribution >= 0.6 is 0 Å². The van der Waals surface area contributed by atoms with Gasteiger partial charge in [-0.25, -0.2) is 13.8 Å². The molecule has 0 spiro atoms. The van der Waals surface area contributed by atoms with Crippen LogP contribution in [0.2, 0.25) is 0 Å². The molecule has 0 atom stereocenters. The molecule has 28 heavy (non-hydrogen) atoms. The molecule has 2 aromatic carbocycles. The molecule has 3 N–H and O–H groups in total. The largest absolute Gasteiger partial charge is 0.488 e. The van der Waals surface area contributed by atoms with Crippen molar-refractivity contribution < 1.29 is 28.4 Å². The van der Waals surface area contributed by atoms with Gasteiger partial charge in [-0.15, -0.1) is 0 Å². The van der Waals surface area contributed by atoms with E-state index in [1.54, 1.807) is 12.1 Å². The number of carbonyl (C=O) groups is 1. The highest BCUT2D eigenvalue weighted by Crippen LogP contribution is 2.20. The van der Waals surface area contributed by atoms with Crippen molar-refractivity contribution in [3.8, 4) is 11.6 Å². The fraction of sp³-hybridized carbons (Fsp3) is 0.0526. The number of hydrogen-bond acceptors (Lipinski definition) is 5. The summed E-state index contributed by atoms with van der Waals surface area (Å²) in [6.07, 6.45) is 1.48. The summed E-state index contributed by atoms with van der Waals surface area (Å²) in [6, 6.07) is 11.9. The number of halogens is 2. The standard InChI is InChI=1S/C19H15BF2N2O4/c21-14-2-4-15(5-3-14)28-18-9-12(7-8-23-18)11-24-19(25)16-10-13(20(26)27)1-6-17(16)22/h1-10,26-27H,11H2,(H,24,25). The second-order valence-corrected chi connectivity index (χ2v) is 5.85. The summed E-state index contributed by atoms with van der Waals surface area (Å²) in [4.78, 5) is 16.3. The number of rotatable bonds is 6. The number of hydrogen-bond donors (Lipinski definition) is 3. The topological polar surface area (TPSA) is 91.7 Å². The van der Waals surface area contributed by atoms with Crippen molar-refractivity contribution in [2.24, 2.45) is 0 Å². The van der Waals surface area contributed by atoms with E-state index < -0.39 is 18.8 Å². The Labute approximate surface area is 159 Å². The van der Waals surface area contributed by atoms with Crippen LogP contribution in [0.1, 0.15) is 15.9 Å². The Morgan fingerprint density at radius 1 is 1.07 bits per heavy atom. The van der Waals surface area contributed by atoms with Crippen LogP contribution in [-0.2, 0) is 6.54 Å². The molecule has 0 aliphatic heterocycles.